The Bertz CT molecular complexity index is 685. The largest absolute Gasteiger partial charge is 0.102 e. The third kappa shape index (κ3) is 8.92. The third-order valence-electron chi connectivity index (χ3n) is 8.73. The molecule has 1 fully saturated rings. The Balaban J connectivity index is 2.57. The van der Waals surface area contributed by atoms with Crippen molar-refractivity contribution in [2.75, 3.05) is 0 Å². The normalized spacial score (nSPS) is 25.4. The van der Waals surface area contributed by atoms with E-state index in [2.05, 4.69) is 99.4 Å². The molecule has 0 aromatic carbocycles. The molecule has 0 radical (unpaired) electrons. The molecule has 1 aliphatic rings. The van der Waals surface area contributed by atoms with Crippen LogP contribution in [0.2, 0.25) is 0 Å². The molecule has 1 rings (SSSR count). The lowest BCUT2D eigenvalue weighted by molar-refractivity contribution is 0.103. The van der Waals surface area contributed by atoms with Crippen molar-refractivity contribution in [3.63, 3.8) is 0 Å². The number of hydrogen-bond acceptors (Lipinski definition) is 0. The van der Waals surface area contributed by atoms with Crippen molar-refractivity contribution in [1.29, 1.82) is 0 Å². The third-order valence-corrected chi connectivity index (χ3v) is 8.73. The van der Waals surface area contributed by atoms with Crippen LogP contribution < -0.4 is 0 Å². The van der Waals surface area contributed by atoms with Crippen LogP contribution >= 0.6 is 0 Å². The van der Waals surface area contributed by atoms with Gasteiger partial charge in [-0.25, -0.2) is 0 Å². The van der Waals surface area contributed by atoms with Gasteiger partial charge in [0.25, 0.3) is 0 Å². The van der Waals surface area contributed by atoms with Crippen LogP contribution in [0.1, 0.15) is 107 Å². The Kier molecular flexibility index (Phi) is 11.5. The van der Waals surface area contributed by atoms with Crippen molar-refractivity contribution in [2.45, 2.75) is 107 Å². The highest BCUT2D eigenvalue weighted by molar-refractivity contribution is 5.12. The number of hydrogen-bond donors (Lipinski definition) is 0. The first-order valence-corrected chi connectivity index (χ1v) is 13.1. The van der Waals surface area contributed by atoms with Crippen molar-refractivity contribution in [1.82, 2.24) is 0 Å². The molecule has 1 aliphatic carbocycles. The monoisotopic (exact) mass is 438 g/mol. The molecule has 32 heavy (non-hydrogen) atoms. The molecule has 1 saturated carbocycles. The summed E-state index contributed by atoms with van der Waals surface area (Å²) < 4.78 is 0. The van der Waals surface area contributed by atoms with Crippen LogP contribution in [0.25, 0.3) is 0 Å². The molecule has 0 saturated heterocycles. The molecule has 0 bridgehead atoms. The summed E-state index contributed by atoms with van der Waals surface area (Å²) in [4.78, 5) is 0. The first-order valence-electron chi connectivity index (χ1n) is 13.1. The maximum atomic E-state index is 4.44. The molecule has 5 unspecified atom stereocenters. The minimum absolute atomic E-state index is 0.0677. The van der Waals surface area contributed by atoms with E-state index in [0.29, 0.717) is 23.2 Å². The molecule has 0 aromatic heterocycles. The molecule has 0 amide bonds. The van der Waals surface area contributed by atoms with Gasteiger partial charge in [0, 0.05) is 5.41 Å². The number of allylic oxidation sites excluding steroid dienone is 7. The standard InChI is InChI=1S/C32H54/c1-12-32(11,22-13-14-25(4)15-17-27(6)24(2)3)23-21-26(5)16-20-30-28(7)18-19-29(8)31(30,9)10/h12,14,21,23,26-27,29-30H,1-2,7,13,15-20,22H2,3-6,8-11H3. The summed E-state index contributed by atoms with van der Waals surface area (Å²) in [6, 6.07) is 0. The summed E-state index contributed by atoms with van der Waals surface area (Å²) in [6.07, 6.45) is 19.1. The lowest BCUT2D eigenvalue weighted by Crippen LogP contribution is -2.36. The van der Waals surface area contributed by atoms with E-state index >= 15 is 0 Å². The van der Waals surface area contributed by atoms with Gasteiger partial charge in [0.2, 0.25) is 0 Å². The molecular formula is C32H54. The minimum Gasteiger partial charge on any atom is -0.102 e. The highest BCUT2D eigenvalue weighted by Gasteiger charge is 2.39. The van der Waals surface area contributed by atoms with Crippen LogP contribution in [0.3, 0.4) is 0 Å². The molecule has 0 spiro atoms. The van der Waals surface area contributed by atoms with E-state index in [9.17, 15) is 0 Å². The van der Waals surface area contributed by atoms with Crippen LogP contribution in [0, 0.1) is 34.5 Å². The zero-order valence-corrected chi connectivity index (χ0v) is 22.9. The summed E-state index contributed by atoms with van der Waals surface area (Å²) in [7, 11) is 0. The van der Waals surface area contributed by atoms with Gasteiger partial charge < -0.3 is 0 Å². The fourth-order valence-corrected chi connectivity index (χ4v) is 4.98. The SMILES string of the molecule is C=CC(C)(C=CC(C)CCC1C(=C)CCC(C)C1(C)C)CCC=C(C)CCC(C)C(=C)C. The summed E-state index contributed by atoms with van der Waals surface area (Å²) in [5, 5.41) is 0. The van der Waals surface area contributed by atoms with Gasteiger partial charge in [-0.05, 0) is 94.3 Å². The molecule has 0 heterocycles. The molecule has 0 N–H and O–H groups in total. The van der Waals surface area contributed by atoms with Gasteiger partial charge in [0.05, 0.1) is 0 Å². The topological polar surface area (TPSA) is 0 Å². The highest BCUT2D eigenvalue weighted by Crippen LogP contribution is 2.49. The molecule has 0 aliphatic heterocycles. The maximum Gasteiger partial charge on any atom is 0.00330 e. The van der Waals surface area contributed by atoms with E-state index < -0.39 is 0 Å². The highest BCUT2D eigenvalue weighted by atomic mass is 14.4. The molecule has 182 valence electrons. The van der Waals surface area contributed by atoms with Gasteiger partial charge in [-0.3, -0.25) is 0 Å². The molecular weight excluding hydrogens is 384 g/mol. The fraction of sp³-hybridized carbons (Fsp3) is 0.688. The number of rotatable bonds is 13. The van der Waals surface area contributed by atoms with Crippen LogP contribution in [0.5, 0.6) is 0 Å². The molecule has 0 heteroatoms. The Morgan fingerprint density at radius 1 is 1.22 bits per heavy atom. The van der Waals surface area contributed by atoms with Crippen molar-refractivity contribution < 1.29 is 0 Å². The van der Waals surface area contributed by atoms with Gasteiger partial charge >= 0.3 is 0 Å². The second kappa shape index (κ2) is 12.8. The van der Waals surface area contributed by atoms with Gasteiger partial charge in [-0.1, -0.05) is 95.7 Å². The summed E-state index contributed by atoms with van der Waals surface area (Å²) in [5.74, 6) is 2.65. The van der Waals surface area contributed by atoms with Crippen molar-refractivity contribution >= 4 is 0 Å². The first-order chi connectivity index (χ1) is 14.8. The maximum absolute atomic E-state index is 4.44. The van der Waals surface area contributed by atoms with E-state index in [4.69, 9.17) is 0 Å². The zero-order chi connectivity index (χ0) is 24.5. The predicted molar refractivity (Wildman–Crippen MR) is 147 cm³/mol. The van der Waals surface area contributed by atoms with E-state index in [1.165, 1.54) is 55.2 Å². The molecule has 0 aromatic rings. The Hall–Kier alpha value is -1.30. The quantitative estimate of drug-likeness (QED) is 0.251. The average Bonchev–Trinajstić information content (AvgIpc) is 2.73. The Morgan fingerprint density at radius 2 is 1.88 bits per heavy atom. The van der Waals surface area contributed by atoms with Crippen LogP contribution in [-0.4, -0.2) is 0 Å². The second-order valence-electron chi connectivity index (χ2n) is 12.0. The Morgan fingerprint density at radius 3 is 2.47 bits per heavy atom. The first kappa shape index (κ1) is 28.7. The van der Waals surface area contributed by atoms with E-state index in [1.807, 2.05) is 0 Å². The predicted octanol–water partition coefficient (Wildman–Crippen LogP) is 10.5. The summed E-state index contributed by atoms with van der Waals surface area (Å²) >= 11 is 0. The lowest BCUT2D eigenvalue weighted by atomic mass is 9.60. The van der Waals surface area contributed by atoms with Gasteiger partial charge in [-0.2, -0.15) is 0 Å². The summed E-state index contributed by atoms with van der Waals surface area (Å²) in [6.45, 7) is 31.4. The van der Waals surface area contributed by atoms with Crippen molar-refractivity contribution in [2.24, 2.45) is 34.5 Å². The van der Waals surface area contributed by atoms with Crippen LogP contribution in [0.15, 0.2) is 60.8 Å². The van der Waals surface area contributed by atoms with Crippen molar-refractivity contribution in [3.8, 4) is 0 Å². The average molecular weight is 439 g/mol. The Labute approximate surface area is 202 Å². The van der Waals surface area contributed by atoms with E-state index in [0.717, 1.165) is 18.8 Å². The van der Waals surface area contributed by atoms with Gasteiger partial charge in [0.1, 0.15) is 0 Å². The minimum atomic E-state index is 0.0677. The fourth-order valence-electron chi connectivity index (χ4n) is 4.98. The molecule has 5 atom stereocenters. The van der Waals surface area contributed by atoms with Crippen LogP contribution in [0.4, 0.5) is 0 Å². The van der Waals surface area contributed by atoms with Crippen molar-refractivity contribution in [3.05, 3.63) is 60.8 Å². The smallest absolute Gasteiger partial charge is 0.00330 e. The van der Waals surface area contributed by atoms with Gasteiger partial charge in [-0.15, -0.1) is 6.58 Å². The zero-order valence-electron chi connectivity index (χ0n) is 22.9. The van der Waals surface area contributed by atoms with Crippen LogP contribution in [-0.2, 0) is 0 Å². The second-order valence-corrected chi connectivity index (χ2v) is 12.0. The van der Waals surface area contributed by atoms with E-state index in [1.54, 1.807) is 0 Å². The lowest BCUT2D eigenvalue weighted by Gasteiger charge is -2.45. The van der Waals surface area contributed by atoms with E-state index in [-0.39, 0.29) is 5.41 Å². The molecule has 0 nitrogen and oxygen atoms in total. The van der Waals surface area contributed by atoms with Gasteiger partial charge in [0.15, 0.2) is 0 Å². The summed E-state index contributed by atoms with van der Waals surface area (Å²) in [5.41, 5.74) is 4.73.